The second-order valence-corrected chi connectivity index (χ2v) is 6.05. The maximum absolute atomic E-state index is 11.9. The molecular weight excluding hydrogens is 224 g/mol. The molecule has 106 valence electrons. The zero-order valence-electron chi connectivity index (χ0n) is 12.1. The number of nitrogens with one attached hydrogen (secondary N) is 1. The molecule has 0 aromatic heterocycles. The average molecular weight is 254 g/mol. The summed E-state index contributed by atoms with van der Waals surface area (Å²) in [6.07, 6.45) is 10.3. The van der Waals surface area contributed by atoms with E-state index in [9.17, 15) is 4.79 Å². The van der Waals surface area contributed by atoms with Crippen LogP contribution in [0.2, 0.25) is 0 Å². The second-order valence-electron chi connectivity index (χ2n) is 6.05. The number of unbranched alkanes of at least 4 members (excludes halogenated alkanes) is 3. The van der Waals surface area contributed by atoms with Crippen molar-refractivity contribution in [1.29, 1.82) is 0 Å². The lowest BCUT2D eigenvalue weighted by atomic mass is 9.66. The van der Waals surface area contributed by atoms with E-state index in [0.29, 0.717) is 19.0 Å². The van der Waals surface area contributed by atoms with Crippen LogP contribution in [0.1, 0.15) is 71.6 Å². The lowest BCUT2D eigenvalue weighted by Crippen LogP contribution is -2.43. The summed E-state index contributed by atoms with van der Waals surface area (Å²) in [6.45, 7) is 4.99. The van der Waals surface area contributed by atoms with Crippen LogP contribution in [-0.2, 0) is 4.79 Å². The predicted octanol–water partition coefficient (Wildman–Crippen LogP) is 2.98. The second kappa shape index (κ2) is 7.78. The minimum atomic E-state index is 0.131. The third-order valence-corrected chi connectivity index (χ3v) is 4.28. The molecule has 0 saturated heterocycles. The Balaban J connectivity index is 2.15. The summed E-state index contributed by atoms with van der Waals surface area (Å²) in [7, 11) is 0. The van der Waals surface area contributed by atoms with E-state index in [1.807, 2.05) is 0 Å². The van der Waals surface area contributed by atoms with Crippen LogP contribution >= 0.6 is 0 Å². The fraction of sp³-hybridized carbons (Fsp3) is 0.933. The number of amides is 1. The molecular formula is C15H30N2O. The quantitative estimate of drug-likeness (QED) is 0.621. The van der Waals surface area contributed by atoms with Crippen LogP contribution in [0.25, 0.3) is 0 Å². The van der Waals surface area contributed by atoms with Crippen molar-refractivity contribution in [3.8, 4) is 0 Å². The van der Waals surface area contributed by atoms with Crippen molar-refractivity contribution < 1.29 is 4.79 Å². The molecule has 3 N–H and O–H groups in total. The maximum Gasteiger partial charge on any atom is 0.220 e. The standard InChI is InChI=1S/C15H30N2O/c1-3-4-5-6-8-13(2)17-14(18)11-15(12-16)9-7-10-15/h13H,3-12,16H2,1-2H3,(H,17,18). The molecule has 1 amide bonds. The van der Waals surface area contributed by atoms with Crippen LogP contribution in [0, 0.1) is 5.41 Å². The number of carbonyl (C=O) groups is 1. The van der Waals surface area contributed by atoms with E-state index in [1.165, 1.54) is 32.1 Å². The minimum Gasteiger partial charge on any atom is -0.354 e. The van der Waals surface area contributed by atoms with E-state index in [-0.39, 0.29) is 11.3 Å². The van der Waals surface area contributed by atoms with Gasteiger partial charge in [0.05, 0.1) is 0 Å². The van der Waals surface area contributed by atoms with Gasteiger partial charge in [-0.15, -0.1) is 0 Å². The van der Waals surface area contributed by atoms with Gasteiger partial charge in [0.15, 0.2) is 0 Å². The van der Waals surface area contributed by atoms with Crippen molar-refractivity contribution in [2.45, 2.75) is 77.7 Å². The molecule has 0 aromatic rings. The van der Waals surface area contributed by atoms with Gasteiger partial charge in [-0.1, -0.05) is 39.0 Å². The van der Waals surface area contributed by atoms with Crippen molar-refractivity contribution in [2.75, 3.05) is 6.54 Å². The molecule has 0 heterocycles. The van der Waals surface area contributed by atoms with Crippen LogP contribution in [0.4, 0.5) is 0 Å². The molecule has 1 aliphatic rings. The molecule has 3 nitrogen and oxygen atoms in total. The molecule has 18 heavy (non-hydrogen) atoms. The zero-order valence-corrected chi connectivity index (χ0v) is 12.1. The molecule has 1 saturated carbocycles. The normalized spacial score (nSPS) is 19.1. The van der Waals surface area contributed by atoms with Gasteiger partial charge in [-0.25, -0.2) is 0 Å². The van der Waals surface area contributed by atoms with Gasteiger partial charge in [0.1, 0.15) is 0 Å². The Morgan fingerprint density at radius 3 is 2.56 bits per heavy atom. The average Bonchev–Trinajstić information content (AvgIpc) is 2.29. The third kappa shape index (κ3) is 4.97. The van der Waals surface area contributed by atoms with Crippen molar-refractivity contribution in [3.05, 3.63) is 0 Å². The zero-order chi connectivity index (χ0) is 13.4. The SMILES string of the molecule is CCCCCCC(C)NC(=O)CC1(CN)CCC1. The Labute approximate surface area is 112 Å². The van der Waals surface area contributed by atoms with Crippen LogP contribution in [0.3, 0.4) is 0 Å². The summed E-state index contributed by atoms with van der Waals surface area (Å²) in [4.78, 5) is 11.9. The molecule has 1 unspecified atom stereocenters. The van der Waals surface area contributed by atoms with Crippen molar-refractivity contribution in [1.82, 2.24) is 5.32 Å². The molecule has 1 atom stereocenters. The van der Waals surface area contributed by atoms with E-state index in [4.69, 9.17) is 5.73 Å². The first kappa shape index (κ1) is 15.5. The fourth-order valence-electron chi connectivity index (χ4n) is 2.75. The van der Waals surface area contributed by atoms with E-state index in [2.05, 4.69) is 19.2 Å². The molecule has 0 aromatic carbocycles. The summed E-state index contributed by atoms with van der Waals surface area (Å²) >= 11 is 0. The maximum atomic E-state index is 11.9. The summed E-state index contributed by atoms with van der Waals surface area (Å²) in [5, 5.41) is 3.12. The number of hydrogen-bond donors (Lipinski definition) is 2. The molecule has 1 fully saturated rings. The van der Waals surface area contributed by atoms with Gasteiger partial charge >= 0.3 is 0 Å². The van der Waals surface area contributed by atoms with Crippen LogP contribution in [0.5, 0.6) is 0 Å². The number of rotatable bonds is 9. The highest BCUT2D eigenvalue weighted by molar-refractivity contribution is 5.77. The Hall–Kier alpha value is -0.570. The minimum absolute atomic E-state index is 0.131. The Kier molecular flexibility index (Phi) is 6.69. The van der Waals surface area contributed by atoms with Gasteiger partial charge in [0.25, 0.3) is 0 Å². The number of carbonyl (C=O) groups excluding carboxylic acids is 1. The lowest BCUT2D eigenvalue weighted by molar-refractivity contribution is -0.125. The lowest BCUT2D eigenvalue weighted by Gasteiger charge is -2.40. The van der Waals surface area contributed by atoms with Crippen LogP contribution < -0.4 is 11.1 Å². The molecule has 0 aliphatic heterocycles. The van der Waals surface area contributed by atoms with Gasteiger partial charge in [0.2, 0.25) is 5.91 Å². The molecule has 0 radical (unpaired) electrons. The summed E-state index contributed by atoms with van der Waals surface area (Å²) in [6, 6.07) is 0.309. The fourth-order valence-corrected chi connectivity index (χ4v) is 2.75. The smallest absolute Gasteiger partial charge is 0.220 e. The van der Waals surface area contributed by atoms with Crippen LogP contribution in [-0.4, -0.2) is 18.5 Å². The first-order chi connectivity index (χ1) is 8.62. The number of hydrogen-bond acceptors (Lipinski definition) is 2. The predicted molar refractivity (Wildman–Crippen MR) is 76.3 cm³/mol. The van der Waals surface area contributed by atoms with E-state index in [1.54, 1.807) is 0 Å². The van der Waals surface area contributed by atoms with Gasteiger partial charge < -0.3 is 11.1 Å². The van der Waals surface area contributed by atoms with E-state index < -0.39 is 0 Å². The Morgan fingerprint density at radius 1 is 1.33 bits per heavy atom. The Bertz CT molecular complexity index is 243. The monoisotopic (exact) mass is 254 g/mol. The molecule has 0 bridgehead atoms. The largest absolute Gasteiger partial charge is 0.354 e. The number of nitrogens with two attached hydrogens (primary N) is 1. The summed E-state index contributed by atoms with van der Waals surface area (Å²) in [5.41, 5.74) is 5.91. The Morgan fingerprint density at radius 2 is 2.06 bits per heavy atom. The van der Waals surface area contributed by atoms with E-state index >= 15 is 0 Å². The highest BCUT2D eigenvalue weighted by Crippen LogP contribution is 2.42. The first-order valence-corrected chi connectivity index (χ1v) is 7.61. The van der Waals surface area contributed by atoms with E-state index in [0.717, 1.165) is 19.3 Å². The van der Waals surface area contributed by atoms with Crippen molar-refractivity contribution in [2.24, 2.45) is 11.1 Å². The van der Waals surface area contributed by atoms with Gasteiger partial charge in [-0.05, 0) is 38.1 Å². The van der Waals surface area contributed by atoms with Gasteiger partial charge in [-0.3, -0.25) is 4.79 Å². The highest BCUT2D eigenvalue weighted by Gasteiger charge is 2.37. The van der Waals surface area contributed by atoms with Crippen molar-refractivity contribution in [3.63, 3.8) is 0 Å². The highest BCUT2D eigenvalue weighted by atomic mass is 16.1. The molecule has 1 aliphatic carbocycles. The van der Waals surface area contributed by atoms with Crippen LogP contribution in [0.15, 0.2) is 0 Å². The molecule has 0 spiro atoms. The summed E-state index contributed by atoms with van der Waals surface area (Å²) < 4.78 is 0. The topological polar surface area (TPSA) is 55.1 Å². The molecule has 1 rings (SSSR count). The molecule has 3 heteroatoms. The first-order valence-electron chi connectivity index (χ1n) is 7.61. The summed E-state index contributed by atoms with van der Waals surface area (Å²) in [5.74, 6) is 0.197. The van der Waals surface area contributed by atoms with Gasteiger partial charge in [-0.2, -0.15) is 0 Å². The van der Waals surface area contributed by atoms with Crippen molar-refractivity contribution >= 4 is 5.91 Å². The van der Waals surface area contributed by atoms with Gasteiger partial charge in [0, 0.05) is 12.5 Å². The third-order valence-electron chi connectivity index (χ3n) is 4.28.